The Morgan fingerprint density at radius 3 is 2.57 bits per heavy atom. The van der Waals surface area contributed by atoms with Crippen LogP contribution in [0.15, 0.2) is 18.2 Å². The van der Waals surface area contributed by atoms with Crippen molar-refractivity contribution in [3.8, 4) is 0 Å². The Balaban J connectivity index is 2.57. The number of rotatable bonds is 6. The number of benzene rings is 1. The Bertz CT molecular complexity index is 518. The number of aliphatic carboxylic acids is 1. The molecule has 0 spiro atoms. The maximum atomic E-state index is 11.8. The molecule has 0 fully saturated rings. The Hall–Kier alpha value is -1.75. The second-order valence-corrected chi connectivity index (χ2v) is 5.82. The first-order chi connectivity index (χ1) is 9.81. The van der Waals surface area contributed by atoms with E-state index in [1.165, 1.54) is 0 Å². The number of carbonyl (C=O) groups excluding carboxylic acids is 1. The van der Waals surface area contributed by atoms with E-state index in [0.29, 0.717) is 17.1 Å². The maximum absolute atomic E-state index is 11.8. The molecule has 2 amide bonds. The third-order valence-electron chi connectivity index (χ3n) is 3.13. The molecular weight excluding hydrogens is 292 g/mol. The number of carboxylic acid groups (broad SMARTS) is 1. The maximum Gasteiger partial charge on any atom is 0.319 e. The number of hydrogen-bond donors (Lipinski definition) is 3. The summed E-state index contributed by atoms with van der Waals surface area (Å²) in [4.78, 5) is 22.9. The first-order valence-corrected chi connectivity index (χ1v) is 7.21. The topological polar surface area (TPSA) is 78.4 Å². The van der Waals surface area contributed by atoms with Gasteiger partial charge in [0.1, 0.15) is 0 Å². The summed E-state index contributed by atoms with van der Waals surface area (Å²) in [6.45, 7) is 5.80. The van der Waals surface area contributed by atoms with Crippen molar-refractivity contribution in [1.29, 1.82) is 0 Å². The number of amides is 2. The molecule has 6 heteroatoms. The summed E-state index contributed by atoms with van der Waals surface area (Å²) in [6, 6.07) is 4.78. The Labute approximate surface area is 129 Å². The van der Waals surface area contributed by atoms with Crippen molar-refractivity contribution in [3.05, 3.63) is 28.8 Å². The van der Waals surface area contributed by atoms with Crippen LogP contribution >= 0.6 is 11.6 Å². The monoisotopic (exact) mass is 312 g/mol. The smallest absolute Gasteiger partial charge is 0.319 e. The predicted octanol–water partition coefficient (Wildman–Crippen LogP) is 3.52. The first kappa shape index (κ1) is 17.3. The lowest BCUT2D eigenvalue weighted by atomic mass is 9.97. The fraction of sp³-hybridized carbons (Fsp3) is 0.467. The van der Waals surface area contributed by atoms with Crippen molar-refractivity contribution in [1.82, 2.24) is 5.32 Å². The Kier molecular flexibility index (Phi) is 6.49. The quantitative estimate of drug-likeness (QED) is 0.752. The van der Waals surface area contributed by atoms with Crippen LogP contribution < -0.4 is 10.6 Å². The molecule has 1 rings (SSSR count). The molecule has 0 aliphatic rings. The van der Waals surface area contributed by atoms with Crippen LogP contribution in [0.25, 0.3) is 0 Å². The number of nitrogens with one attached hydrogen (secondary N) is 2. The fourth-order valence-electron chi connectivity index (χ4n) is 1.97. The van der Waals surface area contributed by atoms with Gasteiger partial charge in [0.05, 0.1) is 5.92 Å². The highest BCUT2D eigenvalue weighted by Gasteiger charge is 2.19. The molecule has 0 saturated heterocycles. The minimum atomic E-state index is -0.900. The van der Waals surface area contributed by atoms with E-state index in [9.17, 15) is 9.59 Å². The first-order valence-electron chi connectivity index (χ1n) is 6.84. The second kappa shape index (κ2) is 7.88. The van der Waals surface area contributed by atoms with E-state index in [1.54, 1.807) is 25.1 Å². The van der Waals surface area contributed by atoms with Gasteiger partial charge in [0.25, 0.3) is 0 Å². The van der Waals surface area contributed by atoms with Crippen molar-refractivity contribution in [3.63, 3.8) is 0 Å². The zero-order chi connectivity index (χ0) is 16.0. The highest BCUT2D eigenvalue weighted by Crippen LogP contribution is 2.22. The summed E-state index contributed by atoms with van der Waals surface area (Å²) < 4.78 is 0. The number of carbonyl (C=O) groups is 2. The van der Waals surface area contributed by atoms with Crippen LogP contribution in [-0.2, 0) is 4.79 Å². The molecule has 0 saturated carbocycles. The number of anilines is 1. The van der Waals surface area contributed by atoms with Crippen molar-refractivity contribution >= 4 is 29.3 Å². The highest BCUT2D eigenvalue weighted by molar-refractivity contribution is 6.31. The Morgan fingerprint density at radius 2 is 2.00 bits per heavy atom. The largest absolute Gasteiger partial charge is 0.481 e. The summed E-state index contributed by atoms with van der Waals surface area (Å²) >= 11 is 5.97. The van der Waals surface area contributed by atoms with Crippen molar-refractivity contribution < 1.29 is 14.7 Å². The van der Waals surface area contributed by atoms with E-state index >= 15 is 0 Å². The minimum absolute atomic E-state index is 0.0962. The average Bonchev–Trinajstić information content (AvgIpc) is 2.39. The van der Waals surface area contributed by atoms with Gasteiger partial charge in [-0.05, 0) is 37.0 Å². The third-order valence-corrected chi connectivity index (χ3v) is 3.54. The Morgan fingerprint density at radius 1 is 1.33 bits per heavy atom. The fourth-order valence-corrected chi connectivity index (χ4v) is 2.14. The van der Waals surface area contributed by atoms with Crippen LogP contribution in [-0.4, -0.2) is 23.7 Å². The lowest BCUT2D eigenvalue weighted by Crippen LogP contribution is -2.36. The van der Waals surface area contributed by atoms with Gasteiger partial charge in [-0.2, -0.15) is 0 Å². The molecule has 0 bridgehead atoms. The normalized spacial score (nSPS) is 12.0. The minimum Gasteiger partial charge on any atom is -0.481 e. The third kappa shape index (κ3) is 5.63. The molecular formula is C15H21ClN2O3. The average molecular weight is 313 g/mol. The molecule has 116 valence electrons. The van der Waals surface area contributed by atoms with E-state index < -0.39 is 17.9 Å². The lowest BCUT2D eigenvalue weighted by molar-refractivity contribution is -0.142. The summed E-state index contributed by atoms with van der Waals surface area (Å²) in [5, 5.41) is 14.9. The molecule has 0 aromatic heterocycles. The van der Waals surface area contributed by atoms with Crippen molar-refractivity contribution in [2.45, 2.75) is 27.2 Å². The zero-order valence-electron chi connectivity index (χ0n) is 12.4. The molecule has 1 atom stereocenters. The second-order valence-electron chi connectivity index (χ2n) is 5.41. The summed E-state index contributed by atoms with van der Waals surface area (Å²) in [6.07, 6.45) is 0.520. The molecule has 3 N–H and O–H groups in total. The number of halogens is 1. The number of urea groups is 1. The van der Waals surface area contributed by atoms with Gasteiger partial charge < -0.3 is 15.7 Å². The van der Waals surface area contributed by atoms with Crippen LogP contribution in [0.4, 0.5) is 10.5 Å². The van der Waals surface area contributed by atoms with Gasteiger partial charge in [0, 0.05) is 17.3 Å². The molecule has 1 aromatic rings. The SMILES string of the molecule is Cc1c(Cl)cccc1NC(=O)NCC(CC(C)C)C(=O)O. The van der Waals surface area contributed by atoms with Crippen LogP contribution in [0.5, 0.6) is 0 Å². The van der Waals surface area contributed by atoms with Crippen LogP contribution in [0.2, 0.25) is 5.02 Å². The molecule has 0 heterocycles. The van der Waals surface area contributed by atoms with Gasteiger partial charge in [-0.25, -0.2) is 4.79 Å². The van der Waals surface area contributed by atoms with E-state index in [0.717, 1.165) is 5.56 Å². The van der Waals surface area contributed by atoms with Crippen molar-refractivity contribution in [2.24, 2.45) is 11.8 Å². The van der Waals surface area contributed by atoms with Gasteiger partial charge in [0.15, 0.2) is 0 Å². The summed E-state index contributed by atoms with van der Waals surface area (Å²) in [5.41, 5.74) is 1.38. The molecule has 1 aromatic carbocycles. The van der Waals surface area contributed by atoms with E-state index in [4.69, 9.17) is 16.7 Å². The molecule has 0 aliphatic carbocycles. The number of hydrogen-bond acceptors (Lipinski definition) is 2. The summed E-state index contributed by atoms with van der Waals surface area (Å²) in [5.74, 6) is -1.23. The van der Waals surface area contributed by atoms with Gasteiger partial charge in [-0.15, -0.1) is 0 Å². The highest BCUT2D eigenvalue weighted by atomic mass is 35.5. The van der Waals surface area contributed by atoms with E-state index in [1.807, 2.05) is 13.8 Å². The van der Waals surface area contributed by atoms with Crippen LogP contribution in [0.1, 0.15) is 25.8 Å². The van der Waals surface area contributed by atoms with Crippen molar-refractivity contribution in [2.75, 3.05) is 11.9 Å². The zero-order valence-corrected chi connectivity index (χ0v) is 13.2. The van der Waals surface area contributed by atoms with Gasteiger partial charge in [-0.3, -0.25) is 4.79 Å². The number of carboxylic acids is 1. The van der Waals surface area contributed by atoms with Crippen LogP contribution in [0.3, 0.4) is 0 Å². The molecule has 21 heavy (non-hydrogen) atoms. The molecule has 0 radical (unpaired) electrons. The van der Waals surface area contributed by atoms with Gasteiger partial charge >= 0.3 is 12.0 Å². The summed E-state index contributed by atoms with van der Waals surface area (Å²) in [7, 11) is 0. The molecule has 1 unspecified atom stereocenters. The molecule has 5 nitrogen and oxygen atoms in total. The van der Waals surface area contributed by atoms with Crippen LogP contribution in [0, 0.1) is 18.8 Å². The molecule has 0 aliphatic heterocycles. The standard InChI is InChI=1S/C15H21ClN2O3/c1-9(2)7-11(14(19)20)8-17-15(21)18-13-6-4-5-12(16)10(13)3/h4-6,9,11H,7-8H2,1-3H3,(H,19,20)(H2,17,18,21). The van der Waals surface area contributed by atoms with Gasteiger partial charge in [0.2, 0.25) is 0 Å². The van der Waals surface area contributed by atoms with E-state index in [-0.39, 0.29) is 12.5 Å². The lowest BCUT2D eigenvalue weighted by Gasteiger charge is -2.16. The predicted molar refractivity (Wildman–Crippen MR) is 83.8 cm³/mol. The van der Waals surface area contributed by atoms with Gasteiger partial charge in [-0.1, -0.05) is 31.5 Å². The van der Waals surface area contributed by atoms with E-state index in [2.05, 4.69) is 10.6 Å².